The Morgan fingerprint density at radius 3 is 3.07 bits per heavy atom. The molecule has 1 aliphatic heterocycles. The molecule has 0 bridgehead atoms. The maximum Gasteiger partial charge on any atom is 0.0946 e. The zero-order valence-corrected chi connectivity index (χ0v) is 9.90. The van der Waals surface area contributed by atoms with E-state index < -0.39 is 0 Å². The van der Waals surface area contributed by atoms with Gasteiger partial charge in [-0.2, -0.15) is 0 Å². The summed E-state index contributed by atoms with van der Waals surface area (Å²) in [4.78, 5) is 6.51. The quantitative estimate of drug-likeness (QED) is 0.737. The second kappa shape index (κ2) is 4.99. The number of hydrogen-bond acceptors (Lipinski definition) is 2. The van der Waals surface area contributed by atoms with Gasteiger partial charge in [-0.15, -0.1) is 11.6 Å². The van der Waals surface area contributed by atoms with Crippen LogP contribution in [-0.2, 0) is 6.54 Å². The SMILES string of the molecule is CC1C(Cl)CCCN1CCn1ccnc1. The molecule has 0 aliphatic carbocycles. The number of rotatable bonds is 3. The van der Waals surface area contributed by atoms with Gasteiger partial charge in [-0.05, 0) is 26.3 Å². The van der Waals surface area contributed by atoms with Gasteiger partial charge in [-0.25, -0.2) is 4.98 Å². The van der Waals surface area contributed by atoms with Crippen LogP contribution in [0.3, 0.4) is 0 Å². The molecule has 1 aliphatic rings. The largest absolute Gasteiger partial charge is 0.336 e. The van der Waals surface area contributed by atoms with Crippen molar-refractivity contribution in [3.05, 3.63) is 18.7 Å². The molecule has 0 spiro atoms. The molecule has 1 fully saturated rings. The number of alkyl halides is 1. The molecule has 2 heterocycles. The smallest absolute Gasteiger partial charge is 0.0946 e. The summed E-state index contributed by atoms with van der Waals surface area (Å²) in [5.74, 6) is 0. The topological polar surface area (TPSA) is 21.1 Å². The van der Waals surface area contributed by atoms with E-state index in [9.17, 15) is 0 Å². The second-order valence-corrected chi connectivity index (χ2v) is 4.80. The Labute approximate surface area is 96.0 Å². The van der Waals surface area contributed by atoms with E-state index in [1.165, 1.54) is 13.0 Å². The Morgan fingerprint density at radius 1 is 1.47 bits per heavy atom. The lowest BCUT2D eigenvalue weighted by Gasteiger charge is -2.36. The molecular weight excluding hydrogens is 210 g/mol. The molecule has 0 saturated carbocycles. The van der Waals surface area contributed by atoms with E-state index in [1.807, 2.05) is 18.7 Å². The summed E-state index contributed by atoms with van der Waals surface area (Å²) in [5, 5.41) is 0.321. The highest BCUT2D eigenvalue weighted by Crippen LogP contribution is 2.21. The normalized spacial score (nSPS) is 28.1. The molecule has 0 N–H and O–H groups in total. The molecule has 2 atom stereocenters. The van der Waals surface area contributed by atoms with E-state index in [2.05, 4.69) is 21.4 Å². The summed E-state index contributed by atoms with van der Waals surface area (Å²) in [6.07, 6.45) is 8.08. The van der Waals surface area contributed by atoms with Gasteiger partial charge in [0.05, 0.1) is 6.33 Å². The van der Waals surface area contributed by atoms with Crippen molar-refractivity contribution in [1.29, 1.82) is 0 Å². The minimum absolute atomic E-state index is 0.321. The van der Waals surface area contributed by atoms with Crippen LogP contribution >= 0.6 is 11.6 Å². The molecule has 84 valence electrons. The summed E-state index contributed by atoms with van der Waals surface area (Å²) in [6.45, 7) is 5.48. The number of piperidine rings is 1. The standard InChI is InChI=1S/C11H18ClN3/c1-10-11(12)3-2-5-15(10)8-7-14-6-4-13-9-14/h4,6,9-11H,2-3,5,7-8H2,1H3. The number of halogens is 1. The molecule has 4 heteroatoms. The van der Waals surface area contributed by atoms with E-state index in [1.54, 1.807) is 0 Å². The third-order valence-corrected chi connectivity index (χ3v) is 3.81. The molecule has 1 saturated heterocycles. The van der Waals surface area contributed by atoms with Gasteiger partial charge in [-0.3, -0.25) is 4.90 Å². The van der Waals surface area contributed by atoms with E-state index in [-0.39, 0.29) is 0 Å². The fraction of sp³-hybridized carbons (Fsp3) is 0.727. The average molecular weight is 228 g/mol. The van der Waals surface area contributed by atoms with Crippen molar-refractivity contribution in [2.24, 2.45) is 0 Å². The fourth-order valence-corrected chi connectivity index (χ4v) is 2.45. The lowest BCUT2D eigenvalue weighted by molar-refractivity contribution is 0.158. The van der Waals surface area contributed by atoms with Gasteiger partial charge in [0.15, 0.2) is 0 Å². The van der Waals surface area contributed by atoms with Crippen molar-refractivity contribution < 1.29 is 0 Å². The van der Waals surface area contributed by atoms with Gasteiger partial charge >= 0.3 is 0 Å². The molecule has 2 unspecified atom stereocenters. The van der Waals surface area contributed by atoms with E-state index in [0.717, 1.165) is 19.5 Å². The summed E-state index contributed by atoms with van der Waals surface area (Å²) >= 11 is 6.26. The Morgan fingerprint density at radius 2 is 2.33 bits per heavy atom. The zero-order chi connectivity index (χ0) is 10.7. The first-order valence-electron chi connectivity index (χ1n) is 5.61. The molecule has 0 amide bonds. The Bertz CT molecular complexity index is 286. The van der Waals surface area contributed by atoms with Crippen molar-refractivity contribution in [2.45, 2.75) is 37.7 Å². The summed E-state index contributed by atoms with van der Waals surface area (Å²) in [7, 11) is 0. The van der Waals surface area contributed by atoms with Gasteiger partial charge < -0.3 is 4.57 Å². The molecule has 0 radical (unpaired) electrons. The van der Waals surface area contributed by atoms with Gasteiger partial charge in [0, 0.05) is 36.9 Å². The minimum atomic E-state index is 0.321. The number of imidazole rings is 1. The first-order chi connectivity index (χ1) is 7.27. The third-order valence-electron chi connectivity index (χ3n) is 3.23. The minimum Gasteiger partial charge on any atom is -0.336 e. The second-order valence-electron chi connectivity index (χ2n) is 4.24. The monoisotopic (exact) mass is 227 g/mol. The van der Waals surface area contributed by atoms with E-state index >= 15 is 0 Å². The predicted molar refractivity (Wildman–Crippen MR) is 62.1 cm³/mol. The van der Waals surface area contributed by atoms with Crippen LogP contribution < -0.4 is 0 Å². The van der Waals surface area contributed by atoms with Gasteiger partial charge in [0.25, 0.3) is 0 Å². The van der Waals surface area contributed by atoms with Crippen LogP contribution in [0, 0.1) is 0 Å². The van der Waals surface area contributed by atoms with Crippen molar-refractivity contribution in [2.75, 3.05) is 13.1 Å². The van der Waals surface area contributed by atoms with Crippen molar-refractivity contribution >= 4 is 11.6 Å². The van der Waals surface area contributed by atoms with Gasteiger partial charge in [0.2, 0.25) is 0 Å². The van der Waals surface area contributed by atoms with Crippen molar-refractivity contribution in [3.8, 4) is 0 Å². The summed E-state index contributed by atoms with van der Waals surface area (Å²) < 4.78 is 2.12. The fourth-order valence-electron chi connectivity index (χ4n) is 2.14. The van der Waals surface area contributed by atoms with Crippen molar-refractivity contribution in [3.63, 3.8) is 0 Å². The number of aromatic nitrogens is 2. The molecule has 1 aromatic rings. The van der Waals surface area contributed by atoms with E-state index in [4.69, 9.17) is 11.6 Å². The Kier molecular flexibility index (Phi) is 3.65. The first-order valence-corrected chi connectivity index (χ1v) is 6.05. The number of nitrogens with zero attached hydrogens (tertiary/aromatic N) is 3. The van der Waals surface area contributed by atoms with Crippen molar-refractivity contribution in [1.82, 2.24) is 14.5 Å². The molecule has 15 heavy (non-hydrogen) atoms. The lowest BCUT2D eigenvalue weighted by Crippen LogP contribution is -2.45. The summed E-state index contributed by atoms with van der Waals surface area (Å²) in [5.41, 5.74) is 0. The molecular formula is C11H18ClN3. The summed E-state index contributed by atoms with van der Waals surface area (Å²) in [6, 6.07) is 0.504. The highest BCUT2D eigenvalue weighted by molar-refractivity contribution is 6.21. The lowest BCUT2D eigenvalue weighted by atomic mass is 10.0. The highest BCUT2D eigenvalue weighted by Gasteiger charge is 2.25. The van der Waals surface area contributed by atoms with Crippen LogP contribution in [-0.4, -0.2) is 39.0 Å². The highest BCUT2D eigenvalue weighted by atomic mass is 35.5. The predicted octanol–water partition coefficient (Wildman–Crippen LogP) is 1.97. The van der Waals surface area contributed by atoms with Crippen LogP contribution in [0.2, 0.25) is 0 Å². The molecule has 1 aromatic heterocycles. The maximum atomic E-state index is 6.26. The average Bonchev–Trinajstić information content (AvgIpc) is 2.73. The first kappa shape index (κ1) is 11.0. The third kappa shape index (κ3) is 2.73. The molecule has 2 rings (SSSR count). The van der Waals surface area contributed by atoms with Crippen LogP contribution in [0.1, 0.15) is 19.8 Å². The van der Waals surface area contributed by atoms with Gasteiger partial charge in [0.1, 0.15) is 0 Å². The number of hydrogen-bond donors (Lipinski definition) is 0. The zero-order valence-electron chi connectivity index (χ0n) is 9.14. The van der Waals surface area contributed by atoms with E-state index in [0.29, 0.717) is 11.4 Å². The van der Waals surface area contributed by atoms with Gasteiger partial charge in [-0.1, -0.05) is 0 Å². The molecule has 3 nitrogen and oxygen atoms in total. The molecule has 0 aromatic carbocycles. The number of likely N-dealkylation sites (tertiary alicyclic amines) is 1. The van der Waals surface area contributed by atoms with Crippen LogP contribution in [0.4, 0.5) is 0 Å². The van der Waals surface area contributed by atoms with Crippen LogP contribution in [0.25, 0.3) is 0 Å². The van der Waals surface area contributed by atoms with Crippen LogP contribution in [0.15, 0.2) is 18.7 Å². The maximum absolute atomic E-state index is 6.26. The Balaban J connectivity index is 1.83. The Hall–Kier alpha value is -0.540. The van der Waals surface area contributed by atoms with Crippen LogP contribution in [0.5, 0.6) is 0 Å².